The minimum Gasteiger partial charge on any atom is -0.395 e. The predicted octanol–water partition coefficient (Wildman–Crippen LogP) is 0.847. The Morgan fingerprint density at radius 2 is 1.38 bits per heavy atom. The van der Waals surface area contributed by atoms with Crippen LogP contribution in [0.5, 0.6) is 0 Å². The zero-order chi connectivity index (χ0) is 10.6. The van der Waals surface area contributed by atoms with Crippen LogP contribution in [0, 0.1) is 0 Å². The number of hydrogen-bond acceptors (Lipinski definition) is 3. The molecule has 3 heteroatoms. The minimum absolute atomic E-state index is 0.00796. The Bertz CT molecular complexity index is 127. The second-order valence-electron chi connectivity index (χ2n) is 4.13. The van der Waals surface area contributed by atoms with Gasteiger partial charge in [-0.25, -0.2) is 0 Å². The molecule has 0 amide bonds. The van der Waals surface area contributed by atoms with Crippen LogP contribution >= 0.6 is 0 Å². The third-order valence-corrected chi connectivity index (χ3v) is 2.32. The third kappa shape index (κ3) is 3.63. The van der Waals surface area contributed by atoms with Crippen molar-refractivity contribution in [3.8, 4) is 0 Å². The van der Waals surface area contributed by atoms with E-state index in [0.29, 0.717) is 12.1 Å². The summed E-state index contributed by atoms with van der Waals surface area (Å²) in [5.41, 5.74) is 0. The van der Waals surface area contributed by atoms with Crippen molar-refractivity contribution in [1.82, 2.24) is 4.90 Å². The Hall–Kier alpha value is -0.120. The average molecular weight is 189 g/mol. The van der Waals surface area contributed by atoms with Crippen molar-refractivity contribution in [2.24, 2.45) is 0 Å². The average Bonchev–Trinajstić information content (AvgIpc) is 1.97. The molecule has 0 unspecified atom stereocenters. The molecule has 0 aliphatic rings. The molecule has 0 saturated heterocycles. The number of aliphatic hydroxyl groups is 2. The van der Waals surface area contributed by atoms with E-state index in [0.717, 1.165) is 0 Å². The van der Waals surface area contributed by atoms with Gasteiger partial charge in [-0.3, -0.25) is 4.90 Å². The van der Waals surface area contributed by atoms with Crippen LogP contribution in [0.4, 0.5) is 0 Å². The summed E-state index contributed by atoms with van der Waals surface area (Å²) >= 11 is 0. The molecule has 0 fully saturated rings. The van der Waals surface area contributed by atoms with Gasteiger partial charge >= 0.3 is 0 Å². The van der Waals surface area contributed by atoms with Crippen LogP contribution in [0.25, 0.3) is 0 Å². The predicted molar refractivity (Wildman–Crippen MR) is 54.7 cm³/mol. The Morgan fingerprint density at radius 1 is 1.00 bits per heavy atom. The molecule has 0 saturated carbocycles. The molecule has 0 spiro atoms. The fourth-order valence-corrected chi connectivity index (χ4v) is 1.86. The van der Waals surface area contributed by atoms with Gasteiger partial charge in [-0.15, -0.1) is 0 Å². The van der Waals surface area contributed by atoms with Gasteiger partial charge in [-0.2, -0.15) is 0 Å². The molecule has 80 valence electrons. The van der Waals surface area contributed by atoms with Gasteiger partial charge in [0.1, 0.15) is 0 Å². The molecule has 0 aromatic rings. The Kier molecular flexibility index (Phi) is 5.53. The van der Waals surface area contributed by atoms with Gasteiger partial charge in [0, 0.05) is 12.1 Å². The molecule has 0 rings (SSSR count). The molecule has 3 nitrogen and oxygen atoms in total. The Balaban J connectivity index is 4.49. The zero-order valence-corrected chi connectivity index (χ0v) is 9.36. The van der Waals surface area contributed by atoms with Crippen LogP contribution in [0.15, 0.2) is 0 Å². The fraction of sp³-hybridized carbons (Fsp3) is 1.00. The SMILES string of the molecule is CC(C)N(C(C)C)[C@H](CO)[C@@H](C)O. The van der Waals surface area contributed by atoms with E-state index < -0.39 is 6.10 Å². The van der Waals surface area contributed by atoms with Crippen LogP contribution in [0.3, 0.4) is 0 Å². The molecule has 0 aromatic heterocycles. The van der Waals surface area contributed by atoms with Gasteiger partial charge in [-0.05, 0) is 34.6 Å². The maximum Gasteiger partial charge on any atom is 0.0689 e. The summed E-state index contributed by atoms with van der Waals surface area (Å²) in [6.07, 6.45) is -0.491. The highest BCUT2D eigenvalue weighted by Crippen LogP contribution is 2.13. The Labute approximate surface area is 81.4 Å². The first-order chi connectivity index (χ1) is 5.91. The Morgan fingerprint density at radius 3 is 1.46 bits per heavy atom. The lowest BCUT2D eigenvalue weighted by Crippen LogP contribution is -2.51. The lowest BCUT2D eigenvalue weighted by Gasteiger charge is -2.38. The molecule has 0 radical (unpaired) electrons. The monoisotopic (exact) mass is 189 g/mol. The van der Waals surface area contributed by atoms with Crippen LogP contribution < -0.4 is 0 Å². The molecule has 0 bridgehead atoms. The van der Waals surface area contributed by atoms with Crippen LogP contribution in [0.1, 0.15) is 34.6 Å². The van der Waals surface area contributed by atoms with E-state index >= 15 is 0 Å². The van der Waals surface area contributed by atoms with E-state index in [2.05, 4.69) is 32.6 Å². The van der Waals surface area contributed by atoms with Crippen LogP contribution in [-0.4, -0.2) is 45.9 Å². The second-order valence-corrected chi connectivity index (χ2v) is 4.13. The highest BCUT2D eigenvalue weighted by Gasteiger charge is 2.26. The van der Waals surface area contributed by atoms with Gasteiger partial charge in [0.05, 0.1) is 18.8 Å². The summed E-state index contributed by atoms with van der Waals surface area (Å²) in [6, 6.07) is 0.526. The summed E-state index contributed by atoms with van der Waals surface area (Å²) < 4.78 is 0. The van der Waals surface area contributed by atoms with E-state index in [4.69, 9.17) is 5.11 Å². The highest BCUT2D eigenvalue weighted by atomic mass is 16.3. The third-order valence-electron chi connectivity index (χ3n) is 2.32. The summed E-state index contributed by atoms with van der Waals surface area (Å²) in [5, 5.41) is 18.6. The first-order valence-corrected chi connectivity index (χ1v) is 4.98. The molecule has 0 aliphatic heterocycles. The van der Waals surface area contributed by atoms with Crippen molar-refractivity contribution < 1.29 is 10.2 Å². The maximum absolute atomic E-state index is 9.48. The van der Waals surface area contributed by atoms with Crippen molar-refractivity contribution in [2.75, 3.05) is 6.61 Å². The minimum atomic E-state index is -0.491. The molecule has 0 heterocycles. The van der Waals surface area contributed by atoms with E-state index in [1.807, 2.05) is 0 Å². The molecule has 0 aromatic carbocycles. The van der Waals surface area contributed by atoms with Crippen LogP contribution in [0.2, 0.25) is 0 Å². The standard InChI is InChI=1S/C10H23NO2/c1-7(2)11(8(3)4)10(6-12)9(5)13/h7-10,12-13H,6H2,1-5H3/t9-,10-/m1/s1. The van der Waals surface area contributed by atoms with E-state index in [1.165, 1.54) is 0 Å². The first kappa shape index (κ1) is 12.9. The quantitative estimate of drug-likeness (QED) is 0.674. The normalized spacial score (nSPS) is 17.1. The first-order valence-electron chi connectivity index (χ1n) is 4.98. The smallest absolute Gasteiger partial charge is 0.0689 e. The molecule has 0 aliphatic carbocycles. The number of rotatable bonds is 5. The molecular formula is C10H23NO2. The number of nitrogens with zero attached hydrogens (tertiary/aromatic N) is 1. The van der Waals surface area contributed by atoms with Gasteiger partial charge in [0.2, 0.25) is 0 Å². The number of hydrogen-bond donors (Lipinski definition) is 2. The molecule has 2 atom stereocenters. The molecular weight excluding hydrogens is 166 g/mol. The summed E-state index contributed by atoms with van der Waals surface area (Å²) in [6.45, 7) is 10.0. The van der Waals surface area contributed by atoms with Crippen molar-refractivity contribution in [3.63, 3.8) is 0 Å². The van der Waals surface area contributed by atoms with E-state index in [9.17, 15) is 5.11 Å². The molecule has 13 heavy (non-hydrogen) atoms. The lowest BCUT2D eigenvalue weighted by atomic mass is 10.1. The van der Waals surface area contributed by atoms with E-state index in [-0.39, 0.29) is 12.6 Å². The van der Waals surface area contributed by atoms with Crippen molar-refractivity contribution in [1.29, 1.82) is 0 Å². The van der Waals surface area contributed by atoms with Gasteiger partial charge in [-0.1, -0.05) is 0 Å². The highest BCUT2D eigenvalue weighted by molar-refractivity contribution is 4.80. The second kappa shape index (κ2) is 5.58. The van der Waals surface area contributed by atoms with Gasteiger partial charge in [0.25, 0.3) is 0 Å². The van der Waals surface area contributed by atoms with Gasteiger partial charge in [0.15, 0.2) is 0 Å². The largest absolute Gasteiger partial charge is 0.395 e. The van der Waals surface area contributed by atoms with Gasteiger partial charge < -0.3 is 10.2 Å². The lowest BCUT2D eigenvalue weighted by molar-refractivity contribution is -0.00755. The van der Waals surface area contributed by atoms with E-state index in [1.54, 1.807) is 6.92 Å². The molecule has 2 N–H and O–H groups in total. The fourth-order valence-electron chi connectivity index (χ4n) is 1.86. The maximum atomic E-state index is 9.48. The summed E-state index contributed by atoms with van der Waals surface area (Å²) in [5.74, 6) is 0. The van der Waals surface area contributed by atoms with Crippen molar-refractivity contribution in [2.45, 2.75) is 58.8 Å². The topological polar surface area (TPSA) is 43.7 Å². The summed E-state index contributed by atoms with van der Waals surface area (Å²) in [7, 11) is 0. The van der Waals surface area contributed by atoms with Crippen LogP contribution in [-0.2, 0) is 0 Å². The summed E-state index contributed by atoms with van der Waals surface area (Å²) in [4.78, 5) is 2.13. The van der Waals surface area contributed by atoms with Crippen molar-refractivity contribution in [3.05, 3.63) is 0 Å². The number of aliphatic hydroxyl groups excluding tert-OH is 2. The van der Waals surface area contributed by atoms with Crippen molar-refractivity contribution >= 4 is 0 Å². The zero-order valence-electron chi connectivity index (χ0n) is 9.36.